The van der Waals surface area contributed by atoms with Gasteiger partial charge >= 0.3 is 0 Å². The molecule has 1 fully saturated rings. The van der Waals surface area contributed by atoms with Crippen LogP contribution >= 0.6 is 0 Å². The van der Waals surface area contributed by atoms with Gasteiger partial charge in [-0.25, -0.2) is 8.42 Å². The summed E-state index contributed by atoms with van der Waals surface area (Å²) in [5, 5.41) is 3.32. The number of hydrogen-bond acceptors (Lipinski definition) is 3. The summed E-state index contributed by atoms with van der Waals surface area (Å²) in [6, 6.07) is 0.189. The van der Waals surface area contributed by atoms with E-state index in [1.54, 1.807) is 0 Å². The van der Waals surface area contributed by atoms with Crippen molar-refractivity contribution in [3.05, 3.63) is 0 Å². The third-order valence-corrected chi connectivity index (χ3v) is 6.20. The molecule has 0 heterocycles. The molecule has 0 radical (unpaired) electrons. The summed E-state index contributed by atoms with van der Waals surface area (Å²) in [5.74, 6) is 0.373. The molecular formula is C14H29NO2S. The van der Waals surface area contributed by atoms with Crippen LogP contribution in [-0.4, -0.2) is 32.0 Å². The van der Waals surface area contributed by atoms with Gasteiger partial charge in [-0.05, 0) is 32.2 Å². The molecule has 18 heavy (non-hydrogen) atoms. The van der Waals surface area contributed by atoms with E-state index in [2.05, 4.69) is 19.2 Å². The van der Waals surface area contributed by atoms with Crippen molar-refractivity contribution in [2.24, 2.45) is 0 Å². The van der Waals surface area contributed by atoms with Crippen LogP contribution in [0.25, 0.3) is 0 Å². The van der Waals surface area contributed by atoms with E-state index >= 15 is 0 Å². The number of rotatable bonds is 7. The molecule has 0 aliphatic heterocycles. The van der Waals surface area contributed by atoms with E-state index in [4.69, 9.17) is 0 Å². The molecule has 1 rings (SSSR count). The van der Waals surface area contributed by atoms with Crippen molar-refractivity contribution in [3.63, 3.8) is 0 Å². The quantitative estimate of drug-likeness (QED) is 0.727. The Labute approximate surface area is 113 Å². The summed E-state index contributed by atoms with van der Waals surface area (Å²) >= 11 is 0. The van der Waals surface area contributed by atoms with Crippen LogP contribution in [0.15, 0.2) is 0 Å². The molecule has 1 aliphatic carbocycles. The molecule has 0 aromatic heterocycles. The van der Waals surface area contributed by atoms with E-state index in [1.807, 2.05) is 0 Å². The van der Waals surface area contributed by atoms with Crippen LogP contribution in [0.4, 0.5) is 0 Å². The summed E-state index contributed by atoms with van der Waals surface area (Å²) in [4.78, 5) is 0. The smallest absolute Gasteiger partial charge is 0.154 e. The van der Waals surface area contributed by atoms with Crippen LogP contribution in [0.1, 0.15) is 65.2 Å². The van der Waals surface area contributed by atoms with Gasteiger partial charge in [0.25, 0.3) is 0 Å². The highest BCUT2D eigenvalue weighted by Gasteiger charge is 2.33. The van der Waals surface area contributed by atoms with Gasteiger partial charge in [0.2, 0.25) is 0 Å². The third-order valence-electron chi connectivity index (χ3n) is 3.85. The zero-order chi connectivity index (χ0) is 13.4. The number of nitrogens with one attached hydrogen (secondary N) is 1. The summed E-state index contributed by atoms with van der Waals surface area (Å²) in [7, 11) is -2.91. The van der Waals surface area contributed by atoms with Gasteiger partial charge in [0.1, 0.15) is 0 Å². The van der Waals surface area contributed by atoms with Crippen LogP contribution in [0, 0.1) is 0 Å². The van der Waals surface area contributed by atoms with Gasteiger partial charge in [-0.3, -0.25) is 0 Å². The summed E-state index contributed by atoms with van der Waals surface area (Å²) in [6.45, 7) is 5.12. The van der Waals surface area contributed by atoms with Crippen molar-refractivity contribution in [1.29, 1.82) is 0 Å². The van der Waals surface area contributed by atoms with Gasteiger partial charge < -0.3 is 5.32 Å². The molecule has 0 bridgehead atoms. The highest BCUT2D eigenvalue weighted by atomic mass is 32.2. The van der Waals surface area contributed by atoms with E-state index in [1.165, 1.54) is 12.8 Å². The second kappa shape index (κ2) is 8.16. The van der Waals surface area contributed by atoms with E-state index < -0.39 is 9.84 Å². The Hall–Kier alpha value is -0.0900. The second-order valence-electron chi connectivity index (χ2n) is 5.46. The largest absolute Gasteiger partial charge is 0.313 e. The van der Waals surface area contributed by atoms with Crippen LogP contribution in [0.3, 0.4) is 0 Å². The van der Waals surface area contributed by atoms with Gasteiger partial charge in [0, 0.05) is 6.04 Å². The summed E-state index contributed by atoms with van der Waals surface area (Å²) in [5.41, 5.74) is 0. The molecular weight excluding hydrogens is 246 g/mol. The molecule has 2 unspecified atom stereocenters. The lowest BCUT2D eigenvalue weighted by molar-refractivity contribution is 0.450. The molecule has 1 N–H and O–H groups in total. The standard InChI is InChI=1S/C14H29NO2S/c1-3-5-12-18(16,17)14-10-8-6-7-9-13(14)15-11-4-2/h13-15H,3-12H2,1-2H3. The highest BCUT2D eigenvalue weighted by Crippen LogP contribution is 2.24. The molecule has 1 saturated carbocycles. The van der Waals surface area contributed by atoms with Gasteiger partial charge in [0.05, 0.1) is 11.0 Å². The average Bonchev–Trinajstić information content (AvgIpc) is 2.59. The van der Waals surface area contributed by atoms with Crippen molar-refractivity contribution in [2.45, 2.75) is 76.5 Å². The number of sulfone groups is 1. The molecule has 0 saturated heterocycles. The first-order chi connectivity index (χ1) is 8.61. The molecule has 0 spiro atoms. The first-order valence-electron chi connectivity index (χ1n) is 7.56. The van der Waals surface area contributed by atoms with Gasteiger partial charge in [-0.2, -0.15) is 0 Å². The van der Waals surface area contributed by atoms with Crippen molar-refractivity contribution in [2.75, 3.05) is 12.3 Å². The first-order valence-corrected chi connectivity index (χ1v) is 9.28. The predicted octanol–water partition coefficient (Wildman–Crippen LogP) is 2.90. The van der Waals surface area contributed by atoms with Crippen molar-refractivity contribution >= 4 is 9.84 Å². The zero-order valence-electron chi connectivity index (χ0n) is 12.0. The Balaban J connectivity index is 2.71. The number of hydrogen-bond donors (Lipinski definition) is 1. The Morgan fingerprint density at radius 3 is 2.44 bits per heavy atom. The lowest BCUT2D eigenvalue weighted by Crippen LogP contribution is -2.44. The molecule has 108 valence electrons. The Morgan fingerprint density at radius 2 is 1.78 bits per heavy atom. The van der Waals surface area contributed by atoms with Crippen molar-refractivity contribution < 1.29 is 8.42 Å². The minimum Gasteiger partial charge on any atom is -0.313 e. The van der Waals surface area contributed by atoms with Crippen molar-refractivity contribution in [3.8, 4) is 0 Å². The maximum atomic E-state index is 12.4. The Kier molecular flexibility index (Phi) is 7.23. The first kappa shape index (κ1) is 16.0. The maximum absolute atomic E-state index is 12.4. The fourth-order valence-electron chi connectivity index (χ4n) is 2.76. The molecule has 1 aliphatic rings. The zero-order valence-corrected chi connectivity index (χ0v) is 12.8. The molecule has 0 aromatic carbocycles. The number of unbranched alkanes of at least 4 members (excludes halogenated alkanes) is 1. The molecule has 0 aromatic rings. The molecule has 3 nitrogen and oxygen atoms in total. The van der Waals surface area contributed by atoms with E-state index in [0.29, 0.717) is 5.75 Å². The van der Waals surface area contributed by atoms with Crippen LogP contribution in [0.5, 0.6) is 0 Å². The maximum Gasteiger partial charge on any atom is 0.154 e. The van der Waals surface area contributed by atoms with Crippen LogP contribution in [0.2, 0.25) is 0 Å². The van der Waals surface area contributed by atoms with E-state index in [0.717, 1.165) is 45.1 Å². The minimum atomic E-state index is -2.91. The Bertz CT molecular complexity index is 314. The second-order valence-corrected chi connectivity index (χ2v) is 7.80. The lowest BCUT2D eigenvalue weighted by Gasteiger charge is -2.26. The van der Waals surface area contributed by atoms with Gasteiger partial charge in [0.15, 0.2) is 9.84 Å². The predicted molar refractivity (Wildman–Crippen MR) is 77.6 cm³/mol. The third kappa shape index (κ3) is 4.88. The van der Waals surface area contributed by atoms with Crippen molar-refractivity contribution in [1.82, 2.24) is 5.32 Å². The molecule has 0 amide bonds. The minimum absolute atomic E-state index is 0.141. The lowest BCUT2D eigenvalue weighted by atomic mass is 10.1. The van der Waals surface area contributed by atoms with E-state index in [-0.39, 0.29) is 11.3 Å². The van der Waals surface area contributed by atoms with E-state index in [9.17, 15) is 8.42 Å². The monoisotopic (exact) mass is 275 g/mol. The fraction of sp³-hybridized carbons (Fsp3) is 1.00. The Morgan fingerprint density at radius 1 is 1.06 bits per heavy atom. The normalized spacial score (nSPS) is 25.9. The topological polar surface area (TPSA) is 46.2 Å². The average molecular weight is 275 g/mol. The SMILES string of the molecule is CCCCS(=O)(=O)C1CCCCCC1NCCC. The summed E-state index contributed by atoms with van der Waals surface area (Å²) < 4.78 is 24.9. The fourth-order valence-corrected chi connectivity index (χ4v) is 5.02. The van der Waals surface area contributed by atoms with Gasteiger partial charge in [-0.15, -0.1) is 0 Å². The molecule has 4 heteroatoms. The van der Waals surface area contributed by atoms with Crippen LogP contribution < -0.4 is 5.32 Å². The highest BCUT2D eigenvalue weighted by molar-refractivity contribution is 7.92. The molecule has 2 atom stereocenters. The summed E-state index contributed by atoms with van der Waals surface area (Å²) in [6.07, 6.45) is 8.13. The van der Waals surface area contributed by atoms with Crippen LogP contribution in [-0.2, 0) is 9.84 Å². The van der Waals surface area contributed by atoms with Gasteiger partial charge in [-0.1, -0.05) is 39.5 Å².